The van der Waals surface area contributed by atoms with Crippen LogP contribution in [0.2, 0.25) is 0 Å². The maximum Gasteiger partial charge on any atom is 0.246 e. The van der Waals surface area contributed by atoms with Crippen molar-refractivity contribution in [2.45, 2.75) is 6.54 Å². The van der Waals surface area contributed by atoms with Crippen molar-refractivity contribution in [1.29, 1.82) is 0 Å². The van der Waals surface area contributed by atoms with Gasteiger partial charge in [0.05, 0.1) is 7.11 Å². The van der Waals surface area contributed by atoms with Gasteiger partial charge in [-0.3, -0.25) is 4.79 Å². The van der Waals surface area contributed by atoms with Crippen molar-refractivity contribution in [3.8, 4) is 17.1 Å². The van der Waals surface area contributed by atoms with Crippen LogP contribution in [0.4, 0.5) is 4.39 Å². The monoisotopic (exact) mass is 351 g/mol. The summed E-state index contributed by atoms with van der Waals surface area (Å²) < 4.78 is 25.7. The molecule has 130 valence electrons. The molecule has 4 aromatic rings. The lowest BCUT2D eigenvalue weighted by Crippen LogP contribution is -1.98. The van der Waals surface area contributed by atoms with E-state index in [1.807, 2.05) is 22.8 Å². The van der Waals surface area contributed by atoms with Gasteiger partial charge in [-0.05, 0) is 30.3 Å². The number of aldehydes is 1. The molecule has 0 aliphatic heterocycles. The Morgan fingerprint density at radius 2 is 2.15 bits per heavy atom. The zero-order valence-electron chi connectivity index (χ0n) is 13.8. The lowest BCUT2D eigenvalue weighted by atomic mass is 10.2. The van der Waals surface area contributed by atoms with Gasteiger partial charge in [-0.2, -0.15) is 4.98 Å². The van der Waals surface area contributed by atoms with Gasteiger partial charge in [-0.15, -0.1) is 0 Å². The number of carbonyl (C=O) groups is 1. The Kier molecular flexibility index (Phi) is 3.96. The Morgan fingerprint density at radius 1 is 1.27 bits per heavy atom. The third kappa shape index (κ3) is 2.83. The molecule has 2 aromatic carbocycles. The topological polar surface area (TPSA) is 70.2 Å². The summed E-state index contributed by atoms with van der Waals surface area (Å²) in [4.78, 5) is 15.7. The predicted molar refractivity (Wildman–Crippen MR) is 92.7 cm³/mol. The molecule has 0 amide bonds. The fraction of sp³-hybridized carbons (Fsp3) is 0.105. The van der Waals surface area contributed by atoms with Crippen LogP contribution >= 0.6 is 0 Å². The van der Waals surface area contributed by atoms with Gasteiger partial charge in [-0.25, -0.2) is 4.39 Å². The Bertz CT molecular complexity index is 1100. The predicted octanol–water partition coefficient (Wildman–Crippen LogP) is 3.70. The van der Waals surface area contributed by atoms with Crippen LogP contribution in [-0.4, -0.2) is 28.1 Å². The second kappa shape index (κ2) is 6.44. The van der Waals surface area contributed by atoms with Gasteiger partial charge in [0.25, 0.3) is 0 Å². The molecule has 0 N–H and O–H groups in total. The lowest BCUT2D eigenvalue weighted by Gasteiger charge is -2.03. The molecular weight excluding hydrogens is 337 g/mol. The summed E-state index contributed by atoms with van der Waals surface area (Å²) in [6, 6.07) is 11.5. The summed E-state index contributed by atoms with van der Waals surface area (Å²) in [5.41, 5.74) is 1.93. The fourth-order valence-electron chi connectivity index (χ4n) is 2.87. The van der Waals surface area contributed by atoms with E-state index in [1.165, 1.54) is 12.1 Å². The second-order valence-electron chi connectivity index (χ2n) is 5.74. The molecule has 26 heavy (non-hydrogen) atoms. The number of nitrogens with zero attached hydrogens (tertiary/aromatic N) is 3. The summed E-state index contributed by atoms with van der Waals surface area (Å²) in [7, 11) is 1.57. The Labute approximate surface area is 147 Å². The first-order valence-corrected chi connectivity index (χ1v) is 7.88. The van der Waals surface area contributed by atoms with Crippen LogP contribution in [0.15, 0.2) is 53.2 Å². The summed E-state index contributed by atoms with van der Waals surface area (Å²) in [5, 5.41) is 4.68. The highest BCUT2D eigenvalue weighted by Gasteiger charge is 2.14. The smallest absolute Gasteiger partial charge is 0.246 e. The van der Waals surface area contributed by atoms with E-state index in [4.69, 9.17) is 9.26 Å². The molecule has 4 rings (SSSR count). The van der Waals surface area contributed by atoms with Gasteiger partial charge in [0.1, 0.15) is 18.1 Å². The number of carbonyl (C=O) groups excluding carboxylic acids is 1. The molecule has 0 unspecified atom stereocenters. The van der Waals surface area contributed by atoms with Gasteiger partial charge in [0.2, 0.25) is 11.7 Å². The number of benzene rings is 2. The van der Waals surface area contributed by atoms with Gasteiger partial charge in [0.15, 0.2) is 6.29 Å². The number of hydrogen-bond acceptors (Lipinski definition) is 5. The third-order valence-electron chi connectivity index (χ3n) is 4.10. The highest BCUT2D eigenvalue weighted by molar-refractivity contribution is 5.98. The molecular formula is C19H14FN3O3. The standard InChI is InChI=1S/C19H14FN3O3/c1-25-15-5-6-17-16(8-15)13(11-24)9-23(17)10-18-21-19(22-26-18)12-3-2-4-14(20)7-12/h2-9,11H,10H2,1H3. The highest BCUT2D eigenvalue weighted by atomic mass is 19.1. The van der Waals surface area contributed by atoms with E-state index in [0.29, 0.717) is 35.1 Å². The quantitative estimate of drug-likeness (QED) is 0.513. The van der Waals surface area contributed by atoms with Crippen molar-refractivity contribution in [2.24, 2.45) is 0 Å². The largest absolute Gasteiger partial charge is 0.497 e. The minimum atomic E-state index is -0.366. The molecule has 2 aromatic heterocycles. The molecule has 0 aliphatic carbocycles. The molecule has 0 spiro atoms. The SMILES string of the molecule is COc1ccc2c(c1)c(C=O)cn2Cc1nc(-c2cccc(F)c2)no1. The van der Waals surface area contributed by atoms with Gasteiger partial charge < -0.3 is 13.8 Å². The van der Waals surface area contributed by atoms with Gasteiger partial charge in [-0.1, -0.05) is 17.3 Å². The van der Waals surface area contributed by atoms with Gasteiger partial charge >= 0.3 is 0 Å². The number of ether oxygens (including phenoxy) is 1. The van der Waals surface area contributed by atoms with Crippen molar-refractivity contribution >= 4 is 17.2 Å². The van der Waals surface area contributed by atoms with Crippen LogP contribution < -0.4 is 4.74 Å². The van der Waals surface area contributed by atoms with Crippen molar-refractivity contribution in [2.75, 3.05) is 7.11 Å². The van der Waals surface area contributed by atoms with Gasteiger partial charge in [0, 0.05) is 28.2 Å². The normalized spacial score (nSPS) is 11.0. The molecule has 0 atom stereocenters. The van der Waals surface area contributed by atoms with Crippen LogP contribution in [0.25, 0.3) is 22.3 Å². The summed E-state index contributed by atoms with van der Waals surface area (Å²) in [6.45, 7) is 0.291. The minimum absolute atomic E-state index is 0.291. The first-order chi connectivity index (χ1) is 12.7. The van der Waals surface area contributed by atoms with E-state index in [2.05, 4.69) is 10.1 Å². The maximum atomic E-state index is 13.4. The van der Waals surface area contributed by atoms with E-state index in [9.17, 15) is 9.18 Å². The fourth-order valence-corrected chi connectivity index (χ4v) is 2.87. The van der Waals surface area contributed by atoms with Crippen LogP contribution in [0.1, 0.15) is 16.2 Å². The average molecular weight is 351 g/mol. The van der Waals surface area contributed by atoms with Crippen molar-refractivity contribution in [3.63, 3.8) is 0 Å². The summed E-state index contributed by atoms with van der Waals surface area (Å²) in [5.74, 6) is 0.974. The van der Waals surface area contributed by atoms with E-state index in [-0.39, 0.29) is 5.82 Å². The number of aromatic nitrogens is 3. The van der Waals surface area contributed by atoms with E-state index in [0.717, 1.165) is 17.2 Å². The first kappa shape index (κ1) is 16.0. The number of halogens is 1. The summed E-state index contributed by atoms with van der Waals surface area (Å²) in [6.07, 6.45) is 2.52. The van der Waals surface area contributed by atoms with Crippen molar-refractivity contribution in [3.05, 3.63) is 65.9 Å². The van der Waals surface area contributed by atoms with Crippen molar-refractivity contribution < 1.29 is 18.4 Å². The summed E-state index contributed by atoms with van der Waals surface area (Å²) >= 11 is 0. The highest BCUT2D eigenvalue weighted by Crippen LogP contribution is 2.26. The third-order valence-corrected chi connectivity index (χ3v) is 4.10. The van der Waals surface area contributed by atoms with Crippen LogP contribution in [-0.2, 0) is 6.54 Å². The Balaban J connectivity index is 1.69. The van der Waals surface area contributed by atoms with E-state index >= 15 is 0 Å². The van der Waals surface area contributed by atoms with Crippen LogP contribution in [0, 0.1) is 5.82 Å². The zero-order valence-corrected chi connectivity index (χ0v) is 13.8. The molecule has 0 saturated carbocycles. The molecule has 0 radical (unpaired) electrons. The second-order valence-corrected chi connectivity index (χ2v) is 5.74. The Hall–Kier alpha value is -3.48. The molecule has 0 aliphatic rings. The minimum Gasteiger partial charge on any atom is -0.497 e. The molecule has 0 bridgehead atoms. The number of rotatable bonds is 5. The molecule has 7 heteroatoms. The van der Waals surface area contributed by atoms with Crippen molar-refractivity contribution in [1.82, 2.24) is 14.7 Å². The molecule has 0 fully saturated rings. The van der Waals surface area contributed by atoms with Crippen LogP contribution in [0.3, 0.4) is 0 Å². The number of methoxy groups -OCH3 is 1. The first-order valence-electron chi connectivity index (χ1n) is 7.88. The molecule has 0 saturated heterocycles. The van der Waals surface area contributed by atoms with E-state index < -0.39 is 0 Å². The zero-order chi connectivity index (χ0) is 18.1. The molecule has 6 nitrogen and oxygen atoms in total. The number of hydrogen-bond donors (Lipinski definition) is 0. The number of fused-ring (bicyclic) bond motifs is 1. The molecule has 2 heterocycles. The average Bonchev–Trinajstić information content (AvgIpc) is 3.26. The van der Waals surface area contributed by atoms with E-state index in [1.54, 1.807) is 25.4 Å². The van der Waals surface area contributed by atoms with Crippen LogP contribution in [0.5, 0.6) is 5.75 Å². The Morgan fingerprint density at radius 3 is 2.92 bits per heavy atom. The lowest BCUT2D eigenvalue weighted by molar-refractivity contribution is 0.112. The maximum absolute atomic E-state index is 13.4.